The summed E-state index contributed by atoms with van der Waals surface area (Å²) in [6, 6.07) is 5.88. The molecule has 3 rings (SSSR count). The molecule has 1 aliphatic carbocycles. The summed E-state index contributed by atoms with van der Waals surface area (Å²) in [6.07, 6.45) is 3.90. The van der Waals surface area contributed by atoms with E-state index >= 15 is 0 Å². The molecule has 2 amide bonds. The summed E-state index contributed by atoms with van der Waals surface area (Å²) in [5.41, 5.74) is -0.826. The molecular weight excluding hydrogens is 549 g/mol. The van der Waals surface area contributed by atoms with Crippen molar-refractivity contribution in [3.8, 4) is 0 Å². The van der Waals surface area contributed by atoms with Gasteiger partial charge in [0.25, 0.3) is 17.0 Å². The molecule has 38 heavy (non-hydrogen) atoms. The van der Waals surface area contributed by atoms with Gasteiger partial charge < -0.3 is 20.0 Å². The van der Waals surface area contributed by atoms with E-state index in [0.29, 0.717) is 35.1 Å². The number of Topliss-reactive ketones (excluding diaryl/α,β-unsaturated/α-hetero) is 1. The minimum atomic E-state index is -1.13. The van der Waals surface area contributed by atoms with Crippen LogP contribution in [0.4, 0.5) is 0 Å². The lowest BCUT2D eigenvalue weighted by Crippen LogP contribution is -2.62. The van der Waals surface area contributed by atoms with E-state index in [4.69, 9.17) is 16.0 Å². The summed E-state index contributed by atoms with van der Waals surface area (Å²) < 4.78 is 5.61. The van der Waals surface area contributed by atoms with Crippen LogP contribution < -0.4 is 10.6 Å². The second-order valence-electron chi connectivity index (χ2n) is 10.1. The molecule has 0 saturated heterocycles. The predicted octanol–water partition coefficient (Wildman–Crippen LogP) is 4.65. The van der Waals surface area contributed by atoms with Crippen LogP contribution in [-0.4, -0.2) is 70.7 Å². The standard InChI is InChI=1S/C26H36ClN5O4S.ClH/c1-17(2)16-20(21(33)23-30-31-25(36-23)37-15-14-32(3)4)28-24(35)26(12-8-5-9-13-26)29-22(34)18-10-6-7-11-19(18)27;/h6-7,10-11,17,20H,5,8-9,12-16H2,1-4H3,(H,28,35)(H,29,34);1H. The van der Waals surface area contributed by atoms with E-state index in [1.807, 2.05) is 32.8 Å². The number of benzene rings is 1. The molecule has 2 aromatic rings. The maximum absolute atomic E-state index is 13.7. The predicted molar refractivity (Wildman–Crippen MR) is 151 cm³/mol. The van der Waals surface area contributed by atoms with E-state index in [-0.39, 0.29) is 30.1 Å². The van der Waals surface area contributed by atoms with Gasteiger partial charge in [-0.1, -0.05) is 68.6 Å². The number of hydrogen-bond donors (Lipinski definition) is 2. The molecule has 1 unspecified atom stereocenters. The largest absolute Gasteiger partial charge is 0.408 e. The van der Waals surface area contributed by atoms with E-state index in [1.165, 1.54) is 11.8 Å². The zero-order valence-corrected chi connectivity index (χ0v) is 24.7. The number of hydrogen-bond acceptors (Lipinski definition) is 8. The van der Waals surface area contributed by atoms with Gasteiger partial charge >= 0.3 is 0 Å². The highest BCUT2D eigenvalue weighted by molar-refractivity contribution is 7.99. The first-order valence-corrected chi connectivity index (χ1v) is 14.0. The Labute approximate surface area is 239 Å². The highest BCUT2D eigenvalue weighted by Crippen LogP contribution is 2.30. The number of halogens is 2. The van der Waals surface area contributed by atoms with Gasteiger partial charge in [-0.2, -0.15) is 0 Å². The van der Waals surface area contributed by atoms with Crippen LogP contribution in [0.25, 0.3) is 0 Å². The normalized spacial score (nSPS) is 15.6. The van der Waals surface area contributed by atoms with Crippen LogP contribution in [0.2, 0.25) is 5.02 Å². The highest BCUT2D eigenvalue weighted by Gasteiger charge is 2.43. The Balaban J connectivity index is 0.00000507. The van der Waals surface area contributed by atoms with Gasteiger partial charge in [0.2, 0.25) is 11.7 Å². The number of nitrogens with one attached hydrogen (secondary N) is 2. The van der Waals surface area contributed by atoms with Crippen molar-refractivity contribution in [1.82, 2.24) is 25.7 Å². The fourth-order valence-corrected chi connectivity index (χ4v) is 5.41. The molecule has 0 bridgehead atoms. The van der Waals surface area contributed by atoms with Gasteiger partial charge in [0, 0.05) is 12.3 Å². The number of carbonyl (C=O) groups excluding carboxylic acids is 3. The van der Waals surface area contributed by atoms with Crippen molar-refractivity contribution in [3.63, 3.8) is 0 Å². The second kappa shape index (κ2) is 14.9. The van der Waals surface area contributed by atoms with Crippen molar-refractivity contribution in [1.29, 1.82) is 0 Å². The molecule has 9 nitrogen and oxygen atoms in total. The first-order valence-electron chi connectivity index (χ1n) is 12.6. The van der Waals surface area contributed by atoms with Crippen LogP contribution in [-0.2, 0) is 4.79 Å². The molecule has 1 aromatic carbocycles. The number of thioether (sulfide) groups is 1. The van der Waals surface area contributed by atoms with Gasteiger partial charge in [-0.25, -0.2) is 0 Å². The van der Waals surface area contributed by atoms with Crippen LogP contribution in [0, 0.1) is 5.92 Å². The number of aromatic nitrogens is 2. The van der Waals surface area contributed by atoms with E-state index in [9.17, 15) is 14.4 Å². The van der Waals surface area contributed by atoms with Gasteiger partial charge in [0.05, 0.1) is 16.6 Å². The molecule has 210 valence electrons. The number of carbonyl (C=O) groups is 3. The molecule has 1 saturated carbocycles. The van der Waals surface area contributed by atoms with Gasteiger partial charge in [-0.3, -0.25) is 14.4 Å². The number of rotatable bonds is 12. The van der Waals surface area contributed by atoms with Crippen molar-refractivity contribution < 1.29 is 18.8 Å². The molecule has 1 atom stereocenters. The minimum Gasteiger partial charge on any atom is -0.408 e. The quantitative estimate of drug-likeness (QED) is 0.273. The summed E-state index contributed by atoms with van der Waals surface area (Å²) >= 11 is 7.60. The zero-order valence-electron chi connectivity index (χ0n) is 22.3. The molecule has 0 spiro atoms. The lowest BCUT2D eigenvalue weighted by atomic mass is 9.80. The van der Waals surface area contributed by atoms with Crippen LogP contribution in [0.1, 0.15) is 73.4 Å². The smallest absolute Gasteiger partial charge is 0.286 e. The third-order valence-corrected chi connectivity index (χ3v) is 7.45. The van der Waals surface area contributed by atoms with E-state index < -0.39 is 23.3 Å². The lowest BCUT2D eigenvalue weighted by Gasteiger charge is -2.37. The number of ketones is 1. The second-order valence-corrected chi connectivity index (χ2v) is 11.6. The molecule has 1 heterocycles. The molecule has 1 fully saturated rings. The third kappa shape index (κ3) is 8.69. The Hall–Kier alpha value is -2.14. The third-order valence-electron chi connectivity index (χ3n) is 6.32. The Bertz CT molecular complexity index is 1090. The summed E-state index contributed by atoms with van der Waals surface area (Å²) in [5, 5.41) is 14.4. The first kappa shape index (κ1) is 32.1. The fourth-order valence-electron chi connectivity index (χ4n) is 4.33. The average Bonchev–Trinajstić information content (AvgIpc) is 3.32. The fraction of sp³-hybridized carbons (Fsp3) is 0.577. The van der Waals surface area contributed by atoms with Crippen LogP contribution in [0.5, 0.6) is 0 Å². The SMILES string of the molecule is CC(C)CC(NC(=O)C1(NC(=O)c2ccccc2Cl)CCCCC1)C(=O)c1nnc(SCCN(C)C)o1.Cl. The van der Waals surface area contributed by atoms with Crippen molar-refractivity contribution in [2.75, 3.05) is 26.4 Å². The summed E-state index contributed by atoms with van der Waals surface area (Å²) in [7, 11) is 3.94. The highest BCUT2D eigenvalue weighted by atomic mass is 35.5. The Morgan fingerprint density at radius 3 is 2.45 bits per heavy atom. The summed E-state index contributed by atoms with van der Waals surface area (Å²) in [5.74, 6) is -0.500. The molecule has 12 heteroatoms. The van der Waals surface area contributed by atoms with Crippen LogP contribution in [0.15, 0.2) is 33.9 Å². The molecule has 2 N–H and O–H groups in total. The minimum absolute atomic E-state index is 0. The topological polar surface area (TPSA) is 117 Å². The maximum Gasteiger partial charge on any atom is 0.286 e. The molecule has 1 aliphatic rings. The summed E-state index contributed by atoms with van der Waals surface area (Å²) in [4.78, 5) is 42.2. The van der Waals surface area contributed by atoms with Crippen LogP contribution in [0.3, 0.4) is 0 Å². The van der Waals surface area contributed by atoms with Crippen LogP contribution >= 0.6 is 35.8 Å². The molecular formula is C26H37Cl2N5O4S. The summed E-state index contributed by atoms with van der Waals surface area (Å²) in [6.45, 7) is 4.76. The zero-order chi connectivity index (χ0) is 27.0. The monoisotopic (exact) mass is 585 g/mol. The van der Waals surface area contributed by atoms with Gasteiger partial charge in [0.15, 0.2) is 0 Å². The van der Waals surface area contributed by atoms with Crippen molar-refractivity contribution in [2.45, 2.75) is 69.2 Å². The Kier molecular flexibility index (Phi) is 12.5. The van der Waals surface area contributed by atoms with Crippen molar-refractivity contribution in [3.05, 3.63) is 40.7 Å². The van der Waals surface area contributed by atoms with E-state index in [0.717, 1.165) is 31.6 Å². The van der Waals surface area contributed by atoms with E-state index in [1.54, 1.807) is 24.3 Å². The number of nitrogens with zero attached hydrogens (tertiary/aromatic N) is 3. The molecule has 0 aliphatic heterocycles. The van der Waals surface area contributed by atoms with Gasteiger partial charge in [-0.05, 0) is 51.4 Å². The average molecular weight is 587 g/mol. The van der Waals surface area contributed by atoms with Gasteiger partial charge in [0.1, 0.15) is 5.54 Å². The van der Waals surface area contributed by atoms with Crippen molar-refractivity contribution >= 4 is 53.4 Å². The van der Waals surface area contributed by atoms with Gasteiger partial charge in [-0.15, -0.1) is 22.6 Å². The number of amides is 2. The Morgan fingerprint density at radius 1 is 1.13 bits per heavy atom. The molecule has 0 radical (unpaired) electrons. The maximum atomic E-state index is 13.7. The van der Waals surface area contributed by atoms with Crippen molar-refractivity contribution in [2.24, 2.45) is 5.92 Å². The lowest BCUT2D eigenvalue weighted by molar-refractivity contribution is -0.129. The molecule has 1 aromatic heterocycles. The Morgan fingerprint density at radius 2 is 1.82 bits per heavy atom. The van der Waals surface area contributed by atoms with E-state index in [2.05, 4.69) is 20.8 Å². The first-order chi connectivity index (χ1) is 17.6.